The van der Waals surface area contributed by atoms with E-state index in [9.17, 15) is 0 Å². The van der Waals surface area contributed by atoms with E-state index in [1.165, 1.54) is 5.56 Å². The Balaban J connectivity index is 2.13. The molecule has 3 heteroatoms. The van der Waals surface area contributed by atoms with Crippen molar-refractivity contribution < 1.29 is 31.0 Å². The van der Waals surface area contributed by atoms with E-state index in [1.54, 1.807) is 0 Å². The summed E-state index contributed by atoms with van der Waals surface area (Å²) in [6.45, 7) is 6.17. The predicted molar refractivity (Wildman–Crippen MR) is 81.4 cm³/mol. The zero-order valence-electron chi connectivity index (χ0n) is 13.0. The van der Waals surface area contributed by atoms with Crippen molar-refractivity contribution in [3.63, 3.8) is 0 Å². The molecule has 0 amide bonds. The van der Waals surface area contributed by atoms with E-state index in [-0.39, 0.29) is 24.8 Å². The molecule has 114 valence electrons. The van der Waals surface area contributed by atoms with Gasteiger partial charge in [-0.2, -0.15) is 0 Å². The van der Waals surface area contributed by atoms with Crippen LogP contribution in [0.5, 0.6) is 0 Å². The molecule has 0 aliphatic carbocycles. The normalized spacial score (nSPS) is 14.9. The molecule has 2 rings (SSSR count). The first-order chi connectivity index (χ1) is 9.98. The Bertz CT molecular complexity index is 554. The van der Waals surface area contributed by atoms with Crippen molar-refractivity contribution in [2.45, 2.75) is 30.0 Å². The Hall–Kier alpha value is -0.910. The average molecular weight is 397 g/mol. The topological polar surface area (TPSA) is 18.5 Å². The molecule has 2 aromatic rings. The molecule has 0 saturated carbocycles. The van der Waals surface area contributed by atoms with E-state index in [0.29, 0.717) is 0 Å². The summed E-state index contributed by atoms with van der Waals surface area (Å²) in [4.78, 5) is 14.0. The second kappa shape index (κ2) is 6.90. The fourth-order valence-corrected chi connectivity index (χ4v) is 3.25. The average Bonchev–Trinajstić information content (AvgIpc) is 2.54. The fourth-order valence-electron chi connectivity index (χ4n) is 1.99. The third kappa shape index (κ3) is 4.05. The Labute approximate surface area is 137 Å². The first-order valence-electron chi connectivity index (χ1n) is 6.96. The van der Waals surface area contributed by atoms with Gasteiger partial charge in [-0.3, -0.25) is 0 Å². The van der Waals surface area contributed by atoms with Crippen LogP contribution in [0.2, 0.25) is 0 Å². The van der Waals surface area contributed by atoms with Gasteiger partial charge in [0.2, 0.25) is 0 Å². The number of rotatable bonds is 6. The van der Waals surface area contributed by atoms with Crippen LogP contribution in [-0.4, -0.2) is 4.93 Å². The minimum absolute atomic E-state index is 0.193. The van der Waals surface area contributed by atoms with Crippen LogP contribution in [0.4, 0.5) is 0 Å². The maximum atomic E-state index is 5.93. The zero-order valence-corrected chi connectivity index (χ0v) is 15.1. The van der Waals surface area contributed by atoms with E-state index in [1.807, 2.05) is 50.2 Å². The summed E-state index contributed by atoms with van der Waals surface area (Å²) in [5.74, 6) is 0. The van der Waals surface area contributed by atoms with Gasteiger partial charge in [0.25, 0.3) is 0 Å². The minimum atomic E-state index is -0.476. The summed E-state index contributed by atoms with van der Waals surface area (Å²) in [6, 6.07) is 20.5. The van der Waals surface area contributed by atoms with Crippen molar-refractivity contribution in [2.24, 2.45) is 0 Å². The molecule has 0 spiro atoms. The van der Waals surface area contributed by atoms with Gasteiger partial charge in [0.1, 0.15) is 0 Å². The van der Waals surface area contributed by atoms with Gasteiger partial charge in [0.15, 0.2) is 0 Å². The Morgan fingerprint density at radius 3 is 1.67 bits per heavy atom. The van der Waals surface area contributed by atoms with Gasteiger partial charge >= 0.3 is 138 Å². The maximum absolute atomic E-state index is 5.93. The molecule has 1 atom stereocenters. The number of benzene rings is 2. The summed E-state index contributed by atoms with van der Waals surface area (Å²) < 4.78 is -0.341. The quantitative estimate of drug-likeness (QED) is 0.318. The summed E-state index contributed by atoms with van der Waals surface area (Å²) in [5.41, 5.74) is 1.80. The van der Waals surface area contributed by atoms with E-state index < -0.39 is 5.60 Å². The van der Waals surface area contributed by atoms with E-state index >= 15 is 0 Å². The molecule has 21 heavy (non-hydrogen) atoms. The molecular weight excluding hydrogens is 375 g/mol. The van der Waals surface area contributed by atoms with Crippen molar-refractivity contribution in [2.75, 3.05) is 4.93 Å². The molecule has 0 radical (unpaired) electrons. The van der Waals surface area contributed by atoms with E-state index in [2.05, 4.69) is 36.1 Å². The zero-order chi connectivity index (χ0) is 15.3. The number of hydrogen-bond acceptors (Lipinski definition) is 2. The summed E-state index contributed by atoms with van der Waals surface area (Å²) in [7, 11) is 0. The summed E-state index contributed by atoms with van der Waals surface area (Å²) in [6.07, 6.45) is 0. The van der Waals surface area contributed by atoms with Crippen LogP contribution in [-0.2, 0) is 19.0 Å². The van der Waals surface area contributed by atoms with Crippen LogP contribution >= 0.6 is 0 Å². The molecule has 1 unspecified atom stereocenters. The SMILES string of the molecule is C[I-]C(C)(OOC(C)(C)c1ccccc1)c1ccccc1. The molecule has 0 N–H and O–H groups in total. The van der Waals surface area contributed by atoms with Crippen molar-refractivity contribution in [3.8, 4) is 0 Å². The molecule has 2 aromatic carbocycles. The van der Waals surface area contributed by atoms with Crippen LogP contribution in [0.25, 0.3) is 0 Å². The third-order valence-corrected chi connectivity index (χ3v) is 6.39. The summed E-state index contributed by atoms with van der Waals surface area (Å²) >= 11 is -0.193. The van der Waals surface area contributed by atoms with Crippen molar-refractivity contribution in [1.82, 2.24) is 0 Å². The van der Waals surface area contributed by atoms with Gasteiger partial charge in [0.05, 0.1) is 0 Å². The van der Waals surface area contributed by atoms with Gasteiger partial charge in [0, 0.05) is 0 Å². The fraction of sp³-hybridized carbons (Fsp3) is 0.333. The van der Waals surface area contributed by atoms with Gasteiger partial charge in [-0.25, -0.2) is 0 Å². The van der Waals surface area contributed by atoms with E-state index in [0.717, 1.165) is 5.56 Å². The predicted octanol–water partition coefficient (Wildman–Crippen LogP) is 1.46. The van der Waals surface area contributed by atoms with Crippen molar-refractivity contribution in [1.29, 1.82) is 0 Å². The molecule has 0 heterocycles. The van der Waals surface area contributed by atoms with Crippen LogP contribution in [0.3, 0.4) is 0 Å². The monoisotopic (exact) mass is 397 g/mol. The van der Waals surface area contributed by atoms with Crippen LogP contribution < -0.4 is 21.2 Å². The van der Waals surface area contributed by atoms with Gasteiger partial charge in [-0.1, -0.05) is 0 Å². The Kier molecular flexibility index (Phi) is 5.41. The van der Waals surface area contributed by atoms with Crippen molar-refractivity contribution >= 4 is 0 Å². The molecule has 0 aliphatic rings. The standard InChI is InChI=1S/C18H22IO2/c1-17(2,15-11-7-5-8-12-15)20-21-18(3,19-4)16-13-9-6-10-14-16/h5-14H,1-4H3/q-1. The molecule has 0 saturated heterocycles. The van der Waals surface area contributed by atoms with E-state index in [4.69, 9.17) is 9.78 Å². The molecular formula is C18H22IO2-. The second-order valence-electron chi connectivity index (χ2n) is 5.51. The number of halogens is 1. The van der Waals surface area contributed by atoms with Gasteiger partial charge in [-0.15, -0.1) is 0 Å². The first-order valence-corrected chi connectivity index (χ1v) is 10.2. The molecule has 0 aliphatic heterocycles. The summed E-state index contributed by atoms with van der Waals surface area (Å²) in [5, 5.41) is 0. The Morgan fingerprint density at radius 2 is 1.19 bits per heavy atom. The number of alkyl halides is 2. The molecule has 2 nitrogen and oxygen atoms in total. The van der Waals surface area contributed by atoms with Gasteiger partial charge < -0.3 is 0 Å². The molecule has 0 bridgehead atoms. The Morgan fingerprint density at radius 1 is 0.714 bits per heavy atom. The molecule has 0 aromatic heterocycles. The van der Waals surface area contributed by atoms with Crippen molar-refractivity contribution in [3.05, 3.63) is 71.8 Å². The third-order valence-electron chi connectivity index (χ3n) is 3.53. The van der Waals surface area contributed by atoms with Crippen LogP contribution in [0, 0.1) is 0 Å². The number of hydrogen-bond donors (Lipinski definition) is 0. The first kappa shape index (κ1) is 16.5. The van der Waals surface area contributed by atoms with Crippen LogP contribution in [0.15, 0.2) is 60.7 Å². The van der Waals surface area contributed by atoms with Crippen LogP contribution in [0.1, 0.15) is 31.9 Å². The van der Waals surface area contributed by atoms with Gasteiger partial charge in [-0.05, 0) is 0 Å². The molecule has 0 fully saturated rings. The second-order valence-corrected chi connectivity index (χ2v) is 8.65.